The molecule has 244 valence electrons. The van der Waals surface area contributed by atoms with Gasteiger partial charge < -0.3 is 15.2 Å². The van der Waals surface area contributed by atoms with Crippen LogP contribution in [0.1, 0.15) is 82.2 Å². The number of amides is 1. The van der Waals surface area contributed by atoms with Crippen molar-refractivity contribution in [2.24, 2.45) is 11.8 Å². The normalized spacial score (nSPS) is 12.9. The van der Waals surface area contributed by atoms with E-state index in [-0.39, 0.29) is 11.8 Å². The number of aromatic amines is 2. The van der Waals surface area contributed by atoms with Gasteiger partial charge in [-0.3, -0.25) is 4.79 Å². The molecule has 8 nitrogen and oxygen atoms in total. The van der Waals surface area contributed by atoms with Gasteiger partial charge in [-0.25, -0.2) is 4.98 Å². The molecule has 1 unspecified atom stereocenters. The van der Waals surface area contributed by atoms with Gasteiger partial charge in [-0.15, -0.1) is 0 Å². The summed E-state index contributed by atoms with van der Waals surface area (Å²) in [6.45, 7) is 22.5. The van der Waals surface area contributed by atoms with Crippen molar-refractivity contribution in [1.29, 1.82) is 0 Å². The fourth-order valence-corrected chi connectivity index (χ4v) is 6.63. The van der Waals surface area contributed by atoms with Gasteiger partial charge in [0.15, 0.2) is 0 Å². The fraction of sp³-hybridized carbons (Fsp3) is 0.474. The summed E-state index contributed by atoms with van der Waals surface area (Å²) in [6, 6.07) is 15.1. The minimum absolute atomic E-state index is 0.154. The number of aromatic nitrogens is 5. The molecule has 0 saturated carbocycles. The molecule has 2 aromatic carbocycles. The number of fused-ring (bicyclic) bond motifs is 2. The number of hydrogen-bond donors (Lipinski definition) is 3. The summed E-state index contributed by atoms with van der Waals surface area (Å²) in [5, 5.41) is 15.9. The Hall–Kier alpha value is -4.04. The third-order valence-electron chi connectivity index (χ3n) is 8.83. The third-order valence-corrected chi connectivity index (χ3v) is 8.83. The zero-order chi connectivity index (χ0) is 33.2. The van der Waals surface area contributed by atoms with Crippen molar-refractivity contribution in [3.63, 3.8) is 0 Å². The molecule has 1 atom stereocenters. The Morgan fingerprint density at radius 3 is 2.26 bits per heavy atom. The van der Waals surface area contributed by atoms with E-state index in [9.17, 15) is 4.79 Å². The van der Waals surface area contributed by atoms with E-state index in [1.54, 1.807) is 0 Å². The average Bonchev–Trinajstić information content (AvgIpc) is 3.61. The fourth-order valence-electron chi connectivity index (χ4n) is 6.63. The van der Waals surface area contributed by atoms with Gasteiger partial charge in [0.1, 0.15) is 16.7 Å². The number of carbonyl (C=O) groups excluding carboxylic acids is 1. The lowest BCUT2D eigenvalue weighted by molar-refractivity contribution is -0.137. The van der Waals surface area contributed by atoms with Crippen LogP contribution in [-0.4, -0.2) is 62.4 Å². The highest BCUT2D eigenvalue weighted by Gasteiger charge is 2.35. The topological polar surface area (TPSA) is 103 Å². The van der Waals surface area contributed by atoms with Crippen LogP contribution in [0.2, 0.25) is 0 Å². The van der Waals surface area contributed by atoms with Crippen molar-refractivity contribution in [3.05, 3.63) is 76.5 Å². The highest BCUT2D eigenvalue weighted by Crippen LogP contribution is 2.38. The maximum absolute atomic E-state index is 14.1. The Morgan fingerprint density at radius 1 is 0.913 bits per heavy atom. The number of nitrogens with one attached hydrogen (secondary N) is 3. The zero-order valence-electron chi connectivity index (χ0n) is 29.1. The smallest absolute Gasteiger partial charge is 0.232 e. The molecule has 1 amide bonds. The van der Waals surface area contributed by atoms with Gasteiger partial charge in [-0.2, -0.15) is 15.4 Å². The minimum Gasteiger partial charge on any atom is -0.341 e. The zero-order valence-corrected chi connectivity index (χ0v) is 29.1. The summed E-state index contributed by atoms with van der Waals surface area (Å²) < 4.78 is 0. The molecule has 0 fully saturated rings. The lowest BCUT2D eigenvalue weighted by Crippen LogP contribution is -2.46. The first kappa shape index (κ1) is 33.3. The first-order valence-corrected chi connectivity index (χ1v) is 16.7. The Bertz CT molecular complexity index is 1780. The molecule has 0 bridgehead atoms. The van der Waals surface area contributed by atoms with Crippen molar-refractivity contribution >= 4 is 28.0 Å². The van der Waals surface area contributed by atoms with E-state index >= 15 is 0 Å². The maximum atomic E-state index is 14.1. The number of benzene rings is 2. The SMILES string of the molecule is Cc1cc(C)cc(-c2[nH]c3ncc(C(C)(C)C(=O)N(CC(C)C)CC(C)C)cc3c2C(C)CNCCc2ccc3n[nH]nc3c2)c1. The number of aryl methyl sites for hydroxylation is 2. The van der Waals surface area contributed by atoms with Crippen LogP contribution in [0.3, 0.4) is 0 Å². The molecule has 3 heterocycles. The molecule has 0 spiro atoms. The molecule has 5 aromatic rings. The molecule has 0 radical (unpaired) electrons. The average molecular weight is 622 g/mol. The Balaban J connectivity index is 1.46. The van der Waals surface area contributed by atoms with Gasteiger partial charge >= 0.3 is 0 Å². The molecular weight excluding hydrogens is 570 g/mol. The van der Waals surface area contributed by atoms with E-state index in [1.165, 1.54) is 22.3 Å². The largest absolute Gasteiger partial charge is 0.341 e. The second kappa shape index (κ2) is 13.8. The van der Waals surface area contributed by atoms with Gasteiger partial charge in [0.05, 0.1) is 11.1 Å². The van der Waals surface area contributed by atoms with Crippen molar-refractivity contribution in [2.75, 3.05) is 26.2 Å². The molecule has 0 saturated heterocycles. The second-order valence-corrected chi connectivity index (χ2v) is 14.5. The number of rotatable bonds is 13. The van der Waals surface area contributed by atoms with Crippen LogP contribution in [0.25, 0.3) is 33.3 Å². The summed E-state index contributed by atoms with van der Waals surface area (Å²) in [4.78, 5) is 24.8. The van der Waals surface area contributed by atoms with Gasteiger partial charge in [-0.1, -0.05) is 57.9 Å². The standard InChI is InChI=1S/C38H51N7O/c1-23(2)21-45(22-24(3)4)37(46)38(8,9)30-18-31-34(35(41-36(31)40-20-30)29-15-25(5)14-26(6)16-29)27(7)19-39-13-12-28-10-11-32-33(17-28)43-44-42-32/h10-11,14-18,20,23-24,27,39H,12-13,19,21-22H2,1-9H3,(H,40,41)(H,42,43,44). The first-order chi connectivity index (χ1) is 21.8. The van der Waals surface area contributed by atoms with Crippen molar-refractivity contribution in [1.82, 2.24) is 35.6 Å². The monoisotopic (exact) mass is 621 g/mol. The van der Waals surface area contributed by atoms with E-state index < -0.39 is 5.41 Å². The number of carbonyl (C=O) groups is 1. The summed E-state index contributed by atoms with van der Waals surface area (Å²) in [7, 11) is 0. The van der Waals surface area contributed by atoms with Gasteiger partial charge in [-0.05, 0) is 111 Å². The molecule has 8 heteroatoms. The van der Waals surface area contributed by atoms with Crippen LogP contribution in [0.4, 0.5) is 0 Å². The third kappa shape index (κ3) is 7.33. The number of hydrogen-bond acceptors (Lipinski definition) is 5. The Morgan fingerprint density at radius 2 is 1.59 bits per heavy atom. The van der Waals surface area contributed by atoms with Gasteiger partial charge in [0.2, 0.25) is 5.91 Å². The predicted molar refractivity (Wildman–Crippen MR) is 189 cm³/mol. The summed E-state index contributed by atoms with van der Waals surface area (Å²) in [6.07, 6.45) is 2.79. The molecule has 0 aliphatic rings. The molecule has 0 aliphatic heterocycles. The second-order valence-electron chi connectivity index (χ2n) is 14.5. The lowest BCUT2D eigenvalue weighted by atomic mass is 9.82. The van der Waals surface area contributed by atoms with Crippen LogP contribution in [0.5, 0.6) is 0 Å². The lowest BCUT2D eigenvalue weighted by Gasteiger charge is -2.34. The van der Waals surface area contributed by atoms with Crippen molar-refractivity contribution < 1.29 is 4.79 Å². The molecule has 0 aliphatic carbocycles. The maximum Gasteiger partial charge on any atom is 0.232 e. The van der Waals surface area contributed by atoms with Crippen molar-refractivity contribution in [2.45, 2.75) is 80.1 Å². The van der Waals surface area contributed by atoms with E-state index in [0.717, 1.165) is 71.5 Å². The van der Waals surface area contributed by atoms with Crippen LogP contribution in [-0.2, 0) is 16.6 Å². The highest BCUT2D eigenvalue weighted by atomic mass is 16.2. The molecule has 46 heavy (non-hydrogen) atoms. The summed E-state index contributed by atoms with van der Waals surface area (Å²) in [5.74, 6) is 1.14. The quantitative estimate of drug-likeness (QED) is 0.118. The van der Waals surface area contributed by atoms with Crippen LogP contribution in [0, 0.1) is 25.7 Å². The summed E-state index contributed by atoms with van der Waals surface area (Å²) in [5.41, 5.74) is 10.0. The van der Waals surface area contributed by atoms with Crippen LogP contribution >= 0.6 is 0 Å². The molecule has 5 rings (SSSR count). The van der Waals surface area contributed by atoms with Crippen LogP contribution < -0.4 is 5.32 Å². The van der Waals surface area contributed by atoms with E-state index in [4.69, 9.17) is 4.98 Å². The number of nitrogens with zero attached hydrogens (tertiary/aromatic N) is 4. The first-order valence-electron chi connectivity index (χ1n) is 16.7. The van der Waals surface area contributed by atoms with E-state index in [2.05, 4.69) is 111 Å². The van der Waals surface area contributed by atoms with Gasteiger partial charge in [0, 0.05) is 31.2 Å². The Labute approximate surface area is 273 Å². The predicted octanol–water partition coefficient (Wildman–Crippen LogP) is 7.47. The van der Waals surface area contributed by atoms with E-state index in [1.807, 2.05) is 31.0 Å². The van der Waals surface area contributed by atoms with E-state index in [0.29, 0.717) is 11.8 Å². The molecule has 3 aromatic heterocycles. The molecule has 3 N–H and O–H groups in total. The number of pyridine rings is 1. The highest BCUT2D eigenvalue weighted by molar-refractivity contribution is 5.92. The van der Waals surface area contributed by atoms with Crippen LogP contribution in [0.15, 0.2) is 48.7 Å². The Kier molecular flexibility index (Phi) is 9.96. The minimum atomic E-state index is -0.716. The number of H-pyrrole nitrogens is 2. The van der Waals surface area contributed by atoms with Gasteiger partial charge in [0.25, 0.3) is 0 Å². The summed E-state index contributed by atoms with van der Waals surface area (Å²) >= 11 is 0. The van der Waals surface area contributed by atoms with Crippen molar-refractivity contribution in [3.8, 4) is 11.3 Å². The molecular formula is C38H51N7O.